The summed E-state index contributed by atoms with van der Waals surface area (Å²) < 4.78 is 10.9. The number of nitrogens with one attached hydrogen (secondary N) is 1. The van der Waals surface area contributed by atoms with Crippen LogP contribution < -0.4 is 10.2 Å². The van der Waals surface area contributed by atoms with Crippen LogP contribution in [-0.4, -0.2) is 53.2 Å². The molecule has 0 aliphatic carbocycles. The second-order valence-electron chi connectivity index (χ2n) is 6.27. The number of carbonyl (C=O) groups is 1. The first-order valence-electron chi connectivity index (χ1n) is 8.28. The lowest BCUT2D eigenvalue weighted by molar-refractivity contribution is 0.0917. The fourth-order valence-electron chi connectivity index (χ4n) is 3.15. The lowest BCUT2D eigenvalue weighted by atomic mass is 10.2. The molecule has 3 rings (SSSR count). The topological polar surface area (TPSA) is 93.4 Å². The highest BCUT2D eigenvalue weighted by atomic mass is 16.5. The third kappa shape index (κ3) is 3.79. The number of rotatable bonds is 5. The van der Waals surface area contributed by atoms with Crippen LogP contribution in [-0.2, 0) is 4.74 Å². The molecule has 134 valence electrons. The van der Waals surface area contributed by atoms with Gasteiger partial charge in [-0.2, -0.15) is 0 Å². The minimum Gasteiger partial charge on any atom is -0.436 e. The van der Waals surface area contributed by atoms with E-state index in [1.807, 2.05) is 13.0 Å². The normalized spacial score (nSPS) is 20.1. The van der Waals surface area contributed by atoms with Crippen molar-refractivity contribution in [3.05, 3.63) is 35.4 Å². The summed E-state index contributed by atoms with van der Waals surface area (Å²) in [6.07, 6.45) is 2.47. The number of amides is 1. The lowest BCUT2D eigenvalue weighted by Gasteiger charge is -2.25. The molecule has 1 aliphatic rings. The van der Waals surface area contributed by atoms with Crippen molar-refractivity contribution in [3.63, 3.8) is 0 Å². The van der Waals surface area contributed by atoms with Crippen LogP contribution in [0.5, 0.6) is 0 Å². The molecule has 8 nitrogen and oxygen atoms in total. The summed E-state index contributed by atoms with van der Waals surface area (Å²) in [5.41, 5.74) is 1.50. The van der Waals surface area contributed by atoms with Crippen LogP contribution in [0.4, 0.5) is 5.82 Å². The van der Waals surface area contributed by atoms with Crippen molar-refractivity contribution in [1.82, 2.24) is 20.3 Å². The van der Waals surface area contributed by atoms with Gasteiger partial charge in [-0.1, -0.05) is 0 Å². The van der Waals surface area contributed by atoms with E-state index in [1.54, 1.807) is 27.3 Å². The van der Waals surface area contributed by atoms with E-state index >= 15 is 0 Å². The van der Waals surface area contributed by atoms with Gasteiger partial charge in [0.05, 0.1) is 17.8 Å². The number of nitrogens with zero attached hydrogens (tertiary/aromatic N) is 4. The van der Waals surface area contributed by atoms with Gasteiger partial charge >= 0.3 is 0 Å². The van der Waals surface area contributed by atoms with Gasteiger partial charge in [-0.3, -0.25) is 4.79 Å². The zero-order chi connectivity index (χ0) is 18.0. The molecule has 0 radical (unpaired) electrons. The van der Waals surface area contributed by atoms with Crippen molar-refractivity contribution < 1.29 is 13.9 Å². The number of oxazole rings is 1. The standard InChI is InChI=1S/C17H23N5O3/c1-10-5-15(20-9-19-10)22-8-14(24-4)6-13(22)7-18-17(23)16-11(2)21-12(3)25-16/h5,9,13-14H,6-8H2,1-4H3,(H,18,23)/t13-,14-/m0/s1. The molecule has 1 fully saturated rings. The molecule has 0 bridgehead atoms. The van der Waals surface area contributed by atoms with Gasteiger partial charge < -0.3 is 19.4 Å². The number of hydrogen-bond acceptors (Lipinski definition) is 7. The minimum atomic E-state index is -0.252. The van der Waals surface area contributed by atoms with Crippen molar-refractivity contribution in [2.45, 2.75) is 39.3 Å². The van der Waals surface area contributed by atoms with E-state index in [9.17, 15) is 4.79 Å². The smallest absolute Gasteiger partial charge is 0.289 e. The molecule has 1 saturated heterocycles. The number of aryl methyl sites for hydroxylation is 3. The molecule has 0 spiro atoms. The van der Waals surface area contributed by atoms with Gasteiger partial charge in [-0.15, -0.1) is 0 Å². The highest BCUT2D eigenvalue weighted by molar-refractivity contribution is 5.92. The van der Waals surface area contributed by atoms with Crippen molar-refractivity contribution in [1.29, 1.82) is 0 Å². The Hall–Kier alpha value is -2.48. The Morgan fingerprint density at radius 3 is 2.84 bits per heavy atom. The van der Waals surface area contributed by atoms with E-state index in [0.29, 0.717) is 18.1 Å². The van der Waals surface area contributed by atoms with Crippen LogP contribution in [0.1, 0.15) is 34.3 Å². The molecule has 1 amide bonds. The van der Waals surface area contributed by atoms with Crippen LogP contribution in [0.3, 0.4) is 0 Å². The summed E-state index contributed by atoms with van der Waals surface area (Å²) in [6, 6.07) is 2.03. The van der Waals surface area contributed by atoms with Gasteiger partial charge in [0.15, 0.2) is 5.89 Å². The quantitative estimate of drug-likeness (QED) is 0.876. The van der Waals surface area contributed by atoms with Crippen molar-refractivity contribution in [2.24, 2.45) is 0 Å². The van der Waals surface area contributed by atoms with Gasteiger partial charge in [0, 0.05) is 38.9 Å². The maximum Gasteiger partial charge on any atom is 0.289 e. The molecular formula is C17H23N5O3. The van der Waals surface area contributed by atoms with Crippen LogP contribution in [0.25, 0.3) is 0 Å². The highest BCUT2D eigenvalue weighted by Crippen LogP contribution is 2.25. The van der Waals surface area contributed by atoms with Crippen molar-refractivity contribution in [2.75, 3.05) is 25.1 Å². The van der Waals surface area contributed by atoms with Gasteiger partial charge in [0.25, 0.3) is 5.91 Å². The molecule has 1 aliphatic heterocycles. The number of hydrogen-bond donors (Lipinski definition) is 1. The molecule has 3 heterocycles. The monoisotopic (exact) mass is 345 g/mol. The second-order valence-corrected chi connectivity index (χ2v) is 6.27. The third-order valence-electron chi connectivity index (χ3n) is 4.40. The van der Waals surface area contributed by atoms with Gasteiger partial charge in [0.2, 0.25) is 5.76 Å². The fourth-order valence-corrected chi connectivity index (χ4v) is 3.15. The molecule has 2 aromatic rings. The molecule has 8 heteroatoms. The summed E-state index contributed by atoms with van der Waals surface area (Å²) in [7, 11) is 1.70. The van der Waals surface area contributed by atoms with Crippen molar-refractivity contribution in [3.8, 4) is 0 Å². The summed E-state index contributed by atoms with van der Waals surface area (Å²) in [5.74, 6) is 1.35. The van der Waals surface area contributed by atoms with E-state index in [1.165, 1.54) is 0 Å². The van der Waals surface area contributed by atoms with Crippen LogP contribution in [0, 0.1) is 20.8 Å². The number of methoxy groups -OCH3 is 1. The number of anilines is 1. The van der Waals surface area contributed by atoms with E-state index in [2.05, 4.69) is 25.2 Å². The fraction of sp³-hybridized carbons (Fsp3) is 0.529. The second kappa shape index (κ2) is 7.18. The first-order chi connectivity index (χ1) is 12.0. The van der Waals surface area contributed by atoms with E-state index in [0.717, 1.165) is 24.5 Å². The summed E-state index contributed by atoms with van der Waals surface area (Å²) in [5, 5.41) is 2.94. The maximum atomic E-state index is 12.4. The minimum absolute atomic E-state index is 0.0903. The predicted molar refractivity (Wildman–Crippen MR) is 91.6 cm³/mol. The van der Waals surface area contributed by atoms with Gasteiger partial charge in [0.1, 0.15) is 12.1 Å². The van der Waals surface area contributed by atoms with Crippen molar-refractivity contribution >= 4 is 11.7 Å². The highest BCUT2D eigenvalue weighted by Gasteiger charge is 2.33. The van der Waals surface area contributed by atoms with E-state index < -0.39 is 0 Å². The van der Waals surface area contributed by atoms with E-state index in [-0.39, 0.29) is 23.8 Å². The largest absolute Gasteiger partial charge is 0.436 e. The number of carbonyl (C=O) groups excluding carboxylic acids is 1. The Morgan fingerprint density at radius 2 is 2.20 bits per heavy atom. The summed E-state index contributed by atoms with van der Waals surface area (Å²) in [4.78, 5) is 27.2. The van der Waals surface area contributed by atoms with Crippen LogP contribution in [0.15, 0.2) is 16.8 Å². The van der Waals surface area contributed by atoms with Crippen LogP contribution in [0.2, 0.25) is 0 Å². The first-order valence-corrected chi connectivity index (χ1v) is 8.28. The summed E-state index contributed by atoms with van der Waals surface area (Å²) >= 11 is 0. The average Bonchev–Trinajstić information content (AvgIpc) is 3.15. The Bertz CT molecular complexity index is 760. The Kier molecular flexibility index (Phi) is 4.98. The number of aromatic nitrogens is 3. The molecule has 2 aromatic heterocycles. The van der Waals surface area contributed by atoms with E-state index in [4.69, 9.17) is 9.15 Å². The lowest BCUT2D eigenvalue weighted by Crippen LogP contribution is -2.40. The molecule has 0 saturated carbocycles. The third-order valence-corrected chi connectivity index (χ3v) is 4.40. The zero-order valence-electron chi connectivity index (χ0n) is 14.9. The Balaban J connectivity index is 1.70. The first kappa shape index (κ1) is 17.3. The molecule has 1 N–H and O–H groups in total. The molecule has 0 unspecified atom stereocenters. The maximum absolute atomic E-state index is 12.4. The Labute approximate surface area is 146 Å². The van der Waals surface area contributed by atoms with Gasteiger partial charge in [-0.05, 0) is 20.3 Å². The molecular weight excluding hydrogens is 322 g/mol. The van der Waals surface area contributed by atoms with Crippen LogP contribution >= 0.6 is 0 Å². The average molecular weight is 345 g/mol. The number of ether oxygens (including phenoxy) is 1. The predicted octanol–water partition coefficient (Wildman–Crippen LogP) is 1.41. The Morgan fingerprint density at radius 1 is 1.40 bits per heavy atom. The summed E-state index contributed by atoms with van der Waals surface area (Å²) in [6.45, 7) is 6.62. The van der Waals surface area contributed by atoms with Gasteiger partial charge in [-0.25, -0.2) is 15.0 Å². The molecule has 25 heavy (non-hydrogen) atoms. The molecule has 2 atom stereocenters. The zero-order valence-corrected chi connectivity index (χ0v) is 14.9. The SMILES string of the molecule is CO[C@H]1C[C@@H](CNC(=O)c2oc(C)nc2C)N(c2cc(C)ncn2)C1. The molecule has 0 aromatic carbocycles.